The standard InChI is InChI=1S/C10H13N3O5/c1-12-9(16)5-4(3-18-2)7(14)6(8(11)15)13-10(5)17/h14H,3H2,1-2H3,(H2,11,15)(H,12,16)(H,13,17). The summed E-state index contributed by atoms with van der Waals surface area (Å²) in [6.45, 7) is -0.210. The van der Waals surface area contributed by atoms with Crippen LogP contribution in [-0.2, 0) is 11.3 Å². The minimum atomic E-state index is -1.01. The average molecular weight is 255 g/mol. The van der Waals surface area contributed by atoms with Crippen molar-refractivity contribution in [3.05, 3.63) is 27.2 Å². The molecule has 2 amide bonds. The lowest BCUT2D eigenvalue weighted by Crippen LogP contribution is -2.31. The predicted molar refractivity (Wildman–Crippen MR) is 61.3 cm³/mol. The third-order valence-electron chi connectivity index (χ3n) is 2.28. The number of H-pyrrole nitrogens is 1. The third kappa shape index (κ3) is 2.33. The van der Waals surface area contributed by atoms with Gasteiger partial charge in [0.2, 0.25) is 0 Å². The quantitative estimate of drug-likeness (QED) is 0.529. The number of hydrogen-bond acceptors (Lipinski definition) is 5. The van der Waals surface area contributed by atoms with E-state index in [0.717, 1.165) is 0 Å². The van der Waals surface area contributed by atoms with E-state index in [9.17, 15) is 19.5 Å². The van der Waals surface area contributed by atoms with Crippen molar-refractivity contribution in [2.24, 2.45) is 5.73 Å². The Labute approximate surface area is 102 Å². The molecule has 0 fully saturated rings. The lowest BCUT2D eigenvalue weighted by Gasteiger charge is -2.11. The molecule has 1 rings (SSSR count). The zero-order valence-electron chi connectivity index (χ0n) is 9.86. The SMILES string of the molecule is CNC(=O)c1c(COC)c(O)c(C(N)=O)[nH]c1=O. The maximum atomic E-state index is 11.7. The van der Waals surface area contributed by atoms with Gasteiger partial charge >= 0.3 is 0 Å². The van der Waals surface area contributed by atoms with Crippen molar-refractivity contribution in [1.29, 1.82) is 0 Å². The van der Waals surface area contributed by atoms with Gasteiger partial charge in [-0.15, -0.1) is 0 Å². The van der Waals surface area contributed by atoms with Gasteiger partial charge in [0.05, 0.1) is 6.61 Å². The monoisotopic (exact) mass is 255 g/mol. The zero-order chi connectivity index (χ0) is 13.9. The van der Waals surface area contributed by atoms with Crippen LogP contribution >= 0.6 is 0 Å². The van der Waals surface area contributed by atoms with Crippen molar-refractivity contribution in [3.8, 4) is 5.75 Å². The number of primary amides is 1. The summed E-state index contributed by atoms with van der Waals surface area (Å²) in [7, 11) is 2.65. The first-order valence-corrected chi connectivity index (χ1v) is 4.93. The number of nitrogens with two attached hydrogens (primary N) is 1. The van der Waals surface area contributed by atoms with Gasteiger partial charge < -0.3 is 25.9 Å². The van der Waals surface area contributed by atoms with Gasteiger partial charge in [-0.1, -0.05) is 0 Å². The van der Waals surface area contributed by atoms with E-state index < -0.39 is 28.8 Å². The van der Waals surface area contributed by atoms with Gasteiger partial charge in [-0.3, -0.25) is 14.4 Å². The van der Waals surface area contributed by atoms with Crippen LogP contribution in [0, 0.1) is 0 Å². The van der Waals surface area contributed by atoms with Gasteiger partial charge in [-0.2, -0.15) is 0 Å². The number of aromatic hydroxyl groups is 1. The van der Waals surface area contributed by atoms with Crippen molar-refractivity contribution in [2.45, 2.75) is 6.61 Å². The molecule has 5 N–H and O–H groups in total. The van der Waals surface area contributed by atoms with Gasteiger partial charge in [-0.25, -0.2) is 0 Å². The maximum absolute atomic E-state index is 11.7. The largest absolute Gasteiger partial charge is 0.505 e. The number of carbonyl (C=O) groups is 2. The molecule has 0 bridgehead atoms. The van der Waals surface area contributed by atoms with Crippen molar-refractivity contribution in [3.63, 3.8) is 0 Å². The second-order valence-corrected chi connectivity index (χ2v) is 3.41. The van der Waals surface area contributed by atoms with Crippen molar-refractivity contribution in [2.75, 3.05) is 14.2 Å². The second kappa shape index (κ2) is 5.32. The van der Waals surface area contributed by atoms with Crippen LogP contribution in [0.2, 0.25) is 0 Å². The molecule has 98 valence electrons. The fourth-order valence-corrected chi connectivity index (χ4v) is 1.47. The third-order valence-corrected chi connectivity index (χ3v) is 2.28. The Hall–Kier alpha value is -2.35. The van der Waals surface area contributed by atoms with Gasteiger partial charge in [0.1, 0.15) is 11.3 Å². The number of pyridine rings is 1. The summed E-state index contributed by atoms with van der Waals surface area (Å²) in [5.74, 6) is -2.28. The highest BCUT2D eigenvalue weighted by Gasteiger charge is 2.23. The Morgan fingerprint density at radius 3 is 2.56 bits per heavy atom. The van der Waals surface area contributed by atoms with Crippen LogP contribution in [-0.4, -0.2) is 36.1 Å². The summed E-state index contributed by atoms with van der Waals surface area (Å²) in [6, 6.07) is 0. The molecule has 0 aromatic carbocycles. The lowest BCUT2D eigenvalue weighted by molar-refractivity contribution is 0.0948. The molecule has 0 radical (unpaired) electrons. The van der Waals surface area contributed by atoms with Crippen LogP contribution in [0.4, 0.5) is 0 Å². The van der Waals surface area contributed by atoms with Gasteiger partial charge in [0.15, 0.2) is 5.75 Å². The predicted octanol–water partition coefficient (Wildman–Crippen LogP) is -1.31. The highest BCUT2D eigenvalue weighted by Crippen LogP contribution is 2.22. The molecule has 0 unspecified atom stereocenters. The highest BCUT2D eigenvalue weighted by molar-refractivity contribution is 5.99. The number of amides is 2. The number of rotatable bonds is 4. The van der Waals surface area contributed by atoms with Crippen LogP contribution in [0.1, 0.15) is 26.4 Å². The lowest BCUT2D eigenvalue weighted by atomic mass is 10.1. The zero-order valence-corrected chi connectivity index (χ0v) is 9.86. The summed E-state index contributed by atoms with van der Waals surface area (Å²) in [4.78, 5) is 36.3. The molecule has 1 aromatic rings. The Kier molecular flexibility index (Phi) is 4.05. The van der Waals surface area contributed by atoms with Crippen LogP contribution < -0.4 is 16.6 Å². The number of ether oxygens (including phenoxy) is 1. The molecule has 1 heterocycles. The molecule has 18 heavy (non-hydrogen) atoms. The number of carbonyl (C=O) groups excluding carboxylic acids is 2. The van der Waals surface area contributed by atoms with E-state index in [1.807, 2.05) is 0 Å². The van der Waals surface area contributed by atoms with E-state index in [1.54, 1.807) is 0 Å². The van der Waals surface area contributed by atoms with E-state index in [2.05, 4.69) is 10.3 Å². The average Bonchev–Trinajstić information content (AvgIpc) is 2.32. The fourth-order valence-electron chi connectivity index (χ4n) is 1.47. The van der Waals surface area contributed by atoms with E-state index in [-0.39, 0.29) is 17.7 Å². The van der Waals surface area contributed by atoms with E-state index >= 15 is 0 Å². The van der Waals surface area contributed by atoms with Crippen molar-refractivity contribution in [1.82, 2.24) is 10.3 Å². The number of aromatic amines is 1. The number of aromatic nitrogens is 1. The Balaban J connectivity index is 3.62. The summed E-state index contributed by atoms with van der Waals surface area (Å²) >= 11 is 0. The first-order chi connectivity index (χ1) is 8.43. The summed E-state index contributed by atoms with van der Waals surface area (Å²) < 4.78 is 4.79. The molecule has 1 aromatic heterocycles. The number of methoxy groups -OCH3 is 1. The molecular formula is C10H13N3O5. The topological polar surface area (TPSA) is 135 Å². The van der Waals surface area contributed by atoms with Crippen LogP contribution in [0.15, 0.2) is 4.79 Å². The second-order valence-electron chi connectivity index (χ2n) is 3.41. The number of nitrogens with one attached hydrogen (secondary N) is 2. The fraction of sp³-hybridized carbons (Fsp3) is 0.300. The molecule has 0 aliphatic rings. The highest BCUT2D eigenvalue weighted by atomic mass is 16.5. The van der Waals surface area contributed by atoms with Crippen LogP contribution in [0.5, 0.6) is 5.75 Å². The summed E-state index contributed by atoms with van der Waals surface area (Å²) in [5, 5.41) is 12.1. The van der Waals surface area contributed by atoms with E-state index in [4.69, 9.17) is 10.5 Å². The van der Waals surface area contributed by atoms with Gasteiger partial charge in [0, 0.05) is 19.7 Å². The normalized spacial score (nSPS) is 10.1. The van der Waals surface area contributed by atoms with E-state index in [0.29, 0.717) is 0 Å². The molecule has 0 atom stereocenters. The molecule has 0 aliphatic carbocycles. The maximum Gasteiger partial charge on any atom is 0.269 e. The molecule has 8 nitrogen and oxygen atoms in total. The van der Waals surface area contributed by atoms with Crippen LogP contribution in [0.25, 0.3) is 0 Å². The summed E-state index contributed by atoms with van der Waals surface area (Å²) in [5.41, 5.74) is 3.31. The Bertz CT molecular complexity index is 549. The van der Waals surface area contributed by atoms with Crippen molar-refractivity contribution >= 4 is 11.8 Å². The first kappa shape index (κ1) is 13.7. The molecule has 8 heteroatoms. The minimum Gasteiger partial charge on any atom is -0.505 e. The number of hydrogen-bond donors (Lipinski definition) is 4. The minimum absolute atomic E-state index is 0.0885. The molecular weight excluding hydrogens is 242 g/mol. The van der Waals surface area contributed by atoms with Crippen molar-refractivity contribution < 1.29 is 19.4 Å². The smallest absolute Gasteiger partial charge is 0.269 e. The van der Waals surface area contributed by atoms with Crippen LogP contribution in [0.3, 0.4) is 0 Å². The Morgan fingerprint density at radius 2 is 2.11 bits per heavy atom. The van der Waals surface area contributed by atoms with Gasteiger partial charge in [0.25, 0.3) is 17.4 Å². The molecule has 0 saturated carbocycles. The Morgan fingerprint density at radius 1 is 1.50 bits per heavy atom. The first-order valence-electron chi connectivity index (χ1n) is 4.93. The molecule has 0 spiro atoms. The van der Waals surface area contributed by atoms with E-state index in [1.165, 1.54) is 14.2 Å². The van der Waals surface area contributed by atoms with Gasteiger partial charge in [-0.05, 0) is 0 Å². The molecule has 0 aliphatic heterocycles. The molecule has 0 saturated heterocycles. The summed E-state index contributed by atoms with van der Waals surface area (Å²) in [6.07, 6.45) is 0.